The summed E-state index contributed by atoms with van der Waals surface area (Å²) in [5.41, 5.74) is 0. The van der Waals surface area contributed by atoms with Gasteiger partial charge in [0.15, 0.2) is 0 Å². The summed E-state index contributed by atoms with van der Waals surface area (Å²) >= 11 is 0. The summed E-state index contributed by atoms with van der Waals surface area (Å²) in [4.78, 5) is 0. The van der Waals surface area contributed by atoms with Crippen LogP contribution in [0, 0.1) is 0 Å². The van der Waals surface area contributed by atoms with E-state index in [2.05, 4.69) is 0 Å². The van der Waals surface area contributed by atoms with Crippen molar-refractivity contribution in [3.8, 4) is 0 Å². The molecule has 0 saturated heterocycles. The topological polar surface area (TPSA) is 0 Å². The van der Waals surface area contributed by atoms with Crippen LogP contribution in [0.5, 0.6) is 0 Å². The zero-order valence-electron chi connectivity index (χ0n) is 1.51. The van der Waals surface area contributed by atoms with E-state index in [0.717, 1.165) is 0 Å². The molecule has 0 aromatic rings. The summed E-state index contributed by atoms with van der Waals surface area (Å²) in [7, 11) is 0. The smallest absolute Gasteiger partial charge is 0 e. The predicted molar refractivity (Wildman–Crippen MR) is 0 cm³/mol. The van der Waals surface area contributed by atoms with E-state index in [0.29, 0.717) is 0 Å². The molecular formula is CoMoNbNi. The van der Waals surface area contributed by atoms with E-state index in [1.165, 1.54) is 0 Å². The van der Waals surface area contributed by atoms with E-state index in [9.17, 15) is 0 Å². The average molecular weight is 306 g/mol. The molecule has 0 spiro atoms. The van der Waals surface area contributed by atoms with Crippen LogP contribution in [0.2, 0.25) is 0 Å². The van der Waals surface area contributed by atoms with E-state index in [1.54, 1.807) is 0 Å². The second-order valence-electron chi connectivity index (χ2n) is 0. The normalized spacial score (nSPS) is 0. The predicted octanol–water partition coefficient (Wildman–Crippen LogP) is -0.0100. The molecule has 0 fully saturated rings. The largest absolute Gasteiger partial charge is 0 e. The SMILES string of the molecule is [Co].[Mo].[Nb].[Ni]. The van der Waals surface area contributed by atoms with Gasteiger partial charge in [0, 0.05) is 76.7 Å². The number of hydrogen-bond acceptors (Lipinski definition) is 0. The molecule has 0 heterocycles. The van der Waals surface area contributed by atoms with E-state index in [-0.39, 0.29) is 76.7 Å². The van der Waals surface area contributed by atoms with E-state index in [1.807, 2.05) is 0 Å². The van der Waals surface area contributed by atoms with Gasteiger partial charge in [0.25, 0.3) is 0 Å². The van der Waals surface area contributed by atoms with Gasteiger partial charge in [0.2, 0.25) is 0 Å². The van der Waals surface area contributed by atoms with E-state index >= 15 is 0 Å². The van der Waals surface area contributed by atoms with Crippen molar-refractivity contribution in [2.75, 3.05) is 0 Å². The van der Waals surface area contributed by atoms with E-state index in [4.69, 9.17) is 0 Å². The first-order chi connectivity index (χ1) is 0. The Bertz CT molecular complexity index is 8.00. The zero-order chi connectivity index (χ0) is 0. The minimum atomic E-state index is 0. The molecule has 2 radical (unpaired) electrons. The fourth-order valence-electron chi connectivity index (χ4n) is 0. The molecule has 0 unspecified atom stereocenters. The molecule has 0 aliphatic heterocycles. The summed E-state index contributed by atoms with van der Waals surface area (Å²) in [5.74, 6) is 0. The monoisotopic (exact) mass is 308 g/mol. The molecular weight excluding hydrogens is 306 g/mol. The maximum Gasteiger partial charge on any atom is 0 e. The van der Waals surface area contributed by atoms with Crippen molar-refractivity contribution in [2.45, 2.75) is 0 Å². The third-order valence-corrected chi connectivity index (χ3v) is 0. The Balaban J connectivity index is 0. The van der Waals surface area contributed by atoms with Gasteiger partial charge in [-0.1, -0.05) is 0 Å². The van der Waals surface area contributed by atoms with Crippen molar-refractivity contribution < 1.29 is 76.7 Å². The van der Waals surface area contributed by atoms with Gasteiger partial charge in [0.05, 0.1) is 0 Å². The van der Waals surface area contributed by atoms with Crippen molar-refractivity contribution in [1.29, 1.82) is 0 Å². The summed E-state index contributed by atoms with van der Waals surface area (Å²) < 4.78 is 0. The molecule has 0 aliphatic rings. The summed E-state index contributed by atoms with van der Waals surface area (Å²) in [6, 6.07) is 0. The first kappa shape index (κ1) is 32.1. The standard InChI is InChI=1S/Co.Mo.Nb.Ni. The molecule has 0 N–H and O–H groups in total. The van der Waals surface area contributed by atoms with Gasteiger partial charge in [-0.2, -0.15) is 0 Å². The first-order valence-corrected chi connectivity index (χ1v) is 0. The van der Waals surface area contributed by atoms with Crippen molar-refractivity contribution in [3.05, 3.63) is 0 Å². The van der Waals surface area contributed by atoms with Gasteiger partial charge < -0.3 is 0 Å². The van der Waals surface area contributed by atoms with Crippen LogP contribution in [0.25, 0.3) is 0 Å². The average Bonchev–Trinajstić information content (AvgIpc) is 0. The van der Waals surface area contributed by atoms with Gasteiger partial charge in [-0.25, -0.2) is 0 Å². The number of rotatable bonds is 0. The van der Waals surface area contributed by atoms with Crippen LogP contribution in [0.1, 0.15) is 0 Å². The molecule has 0 aromatic heterocycles. The molecule has 0 saturated carbocycles. The van der Waals surface area contributed by atoms with Crippen molar-refractivity contribution in [2.24, 2.45) is 0 Å². The molecule has 0 amide bonds. The fraction of sp³-hybridized carbons (Fsp3) is 0. The zero-order valence-corrected chi connectivity index (χ0v) is 7.74. The van der Waals surface area contributed by atoms with Crippen LogP contribution in [-0.4, -0.2) is 0 Å². The Kier molecular flexibility index (Phi) is 145. The fourth-order valence-corrected chi connectivity index (χ4v) is 0. The summed E-state index contributed by atoms with van der Waals surface area (Å²) in [6.45, 7) is 0. The maximum absolute atomic E-state index is 0. The molecule has 0 nitrogen and oxygen atoms in total. The summed E-state index contributed by atoms with van der Waals surface area (Å²) in [6.07, 6.45) is 0. The van der Waals surface area contributed by atoms with Crippen LogP contribution in [0.15, 0.2) is 0 Å². The van der Waals surface area contributed by atoms with Gasteiger partial charge in [-0.3, -0.25) is 0 Å². The summed E-state index contributed by atoms with van der Waals surface area (Å²) in [5, 5.41) is 0. The molecule has 0 atom stereocenters. The third kappa shape index (κ3) is 8.83. The Morgan fingerprint density at radius 2 is 1.00 bits per heavy atom. The minimum Gasteiger partial charge on any atom is 0 e. The maximum atomic E-state index is 0. The van der Waals surface area contributed by atoms with Crippen molar-refractivity contribution >= 4 is 0 Å². The van der Waals surface area contributed by atoms with Gasteiger partial charge >= 0.3 is 0 Å². The van der Waals surface area contributed by atoms with Crippen LogP contribution in [0.4, 0.5) is 0 Å². The van der Waals surface area contributed by atoms with Crippen LogP contribution < -0.4 is 0 Å². The first-order valence-electron chi connectivity index (χ1n) is 0. The molecule has 4 heteroatoms. The van der Waals surface area contributed by atoms with Crippen molar-refractivity contribution in [1.82, 2.24) is 0 Å². The second-order valence-corrected chi connectivity index (χ2v) is 0. The molecule has 4 heavy (non-hydrogen) atoms. The second kappa shape index (κ2) is 18.1. The molecule has 30 valence electrons. The van der Waals surface area contributed by atoms with Crippen LogP contribution in [-0.2, 0) is 76.7 Å². The molecule has 0 rings (SSSR count). The molecule has 0 aliphatic carbocycles. The Labute approximate surface area is 75.8 Å². The van der Waals surface area contributed by atoms with Gasteiger partial charge in [-0.05, 0) is 0 Å². The van der Waals surface area contributed by atoms with Crippen LogP contribution >= 0.6 is 0 Å². The Hall–Kier alpha value is 2.43. The third-order valence-electron chi connectivity index (χ3n) is 0. The van der Waals surface area contributed by atoms with E-state index < -0.39 is 0 Å². The van der Waals surface area contributed by atoms with Crippen molar-refractivity contribution in [3.63, 3.8) is 0 Å². The number of hydrogen-bond donors (Lipinski definition) is 0. The Morgan fingerprint density at radius 3 is 1.00 bits per heavy atom. The molecule has 0 bridgehead atoms. The van der Waals surface area contributed by atoms with Crippen LogP contribution in [0.3, 0.4) is 0 Å². The minimum absolute atomic E-state index is 0. The van der Waals surface area contributed by atoms with Gasteiger partial charge in [-0.15, -0.1) is 0 Å². The van der Waals surface area contributed by atoms with Gasteiger partial charge in [0.1, 0.15) is 0 Å². The Morgan fingerprint density at radius 1 is 1.00 bits per heavy atom. The molecule has 0 aromatic carbocycles. The quantitative estimate of drug-likeness (QED) is 0.552.